The van der Waals surface area contributed by atoms with Gasteiger partial charge in [0.25, 0.3) is 11.7 Å². The Balaban J connectivity index is 1.70. The van der Waals surface area contributed by atoms with E-state index in [1.165, 1.54) is 19.1 Å². The lowest BCUT2D eigenvalue weighted by atomic mass is 9.94. The molecule has 1 aliphatic rings. The largest absolute Gasteiger partial charge is 0.507 e. The molecule has 0 aliphatic carbocycles. The van der Waals surface area contributed by atoms with Gasteiger partial charge in [-0.2, -0.15) is 0 Å². The number of hydrogen-bond acceptors (Lipinski definition) is 6. The van der Waals surface area contributed by atoms with Gasteiger partial charge in [0, 0.05) is 47.2 Å². The number of carbonyl (C=O) groups excluding carboxylic acids is 2. The van der Waals surface area contributed by atoms with E-state index in [0.29, 0.717) is 17.1 Å². The molecule has 8 heteroatoms. The van der Waals surface area contributed by atoms with Crippen LogP contribution in [0.2, 0.25) is 0 Å². The molecule has 0 spiro atoms. The number of nitrogens with zero attached hydrogens (tertiary/aromatic N) is 2. The molecule has 1 aliphatic heterocycles. The van der Waals surface area contributed by atoms with Crippen molar-refractivity contribution in [3.63, 3.8) is 0 Å². The van der Waals surface area contributed by atoms with E-state index in [9.17, 15) is 14.7 Å². The molecule has 2 aromatic carbocycles. The number of Topliss-reactive ketones (excluding diaryl/α,β-unsaturated/α-hetero) is 1. The zero-order valence-corrected chi connectivity index (χ0v) is 19.2. The molecule has 2 aromatic heterocycles. The molecule has 0 saturated carbocycles. The molecule has 35 heavy (non-hydrogen) atoms. The molecule has 1 atom stereocenters. The molecule has 1 fully saturated rings. The van der Waals surface area contributed by atoms with Crippen molar-refractivity contribution in [1.82, 2.24) is 14.9 Å². The predicted molar refractivity (Wildman–Crippen MR) is 130 cm³/mol. The number of methoxy groups -OCH3 is 2. The summed E-state index contributed by atoms with van der Waals surface area (Å²) in [6, 6.07) is 15.3. The first-order valence-corrected chi connectivity index (χ1v) is 11.0. The number of aliphatic hydroxyl groups is 1. The van der Waals surface area contributed by atoms with E-state index in [1.54, 1.807) is 48.9 Å². The van der Waals surface area contributed by atoms with Crippen LogP contribution in [-0.2, 0) is 16.1 Å². The second kappa shape index (κ2) is 8.98. The summed E-state index contributed by atoms with van der Waals surface area (Å²) in [6.45, 7) is 0.181. The van der Waals surface area contributed by atoms with Crippen LogP contribution in [0, 0.1) is 0 Å². The molecular formula is C27H23N3O5. The number of likely N-dealkylation sites (tertiary alicyclic amines) is 1. The fourth-order valence-electron chi connectivity index (χ4n) is 4.51. The number of pyridine rings is 1. The van der Waals surface area contributed by atoms with Crippen molar-refractivity contribution in [1.29, 1.82) is 0 Å². The summed E-state index contributed by atoms with van der Waals surface area (Å²) in [5.41, 5.74) is 2.76. The van der Waals surface area contributed by atoms with Crippen LogP contribution in [0.1, 0.15) is 22.7 Å². The van der Waals surface area contributed by atoms with Gasteiger partial charge in [-0.05, 0) is 42.0 Å². The summed E-state index contributed by atoms with van der Waals surface area (Å²) in [7, 11) is 3.00. The number of carbonyl (C=O) groups is 2. The molecular weight excluding hydrogens is 446 g/mol. The first kappa shape index (κ1) is 22.2. The number of aliphatic hydroxyl groups excluding tert-OH is 1. The highest BCUT2D eigenvalue weighted by Crippen LogP contribution is 2.43. The molecule has 2 N–H and O–H groups in total. The van der Waals surface area contributed by atoms with Crippen molar-refractivity contribution in [3.05, 3.63) is 95.5 Å². The molecule has 1 saturated heterocycles. The van der Waals surface area contributed by atoms with E-state index in [2.05, 4.69) is 9.97 Å². The number of hydrogen-bond donors (Lipinski definition) is 2. The number of ketones is 1. The summed E-state index contributed by atoms with van der Waals surface area (Å²) in [5.74, 6) is -0.834. The highest BCUT2D eigenvalue weighted by Gasteiger charge is 2.46. The fraction of sp³-hybridized carbons (Fsp3) is 0.148. The maximum absolute atomic E-state index is 13.4. The van der Waals surface area contributed by atoms with Gasteiger partial charge < -0.3 is 24.5 Å². The minimum absolute atomic E-state index is 0.0148. The fourth-order valence-corrected chi connectivity index (χ4v) is 4.51. The maximum atomic E-state index is 13.4. The zero-order chi connectivity index (χ0) is 24.5. The van der Waals surface area contributed by atoms with Gasteiger partial charge in [0.05, 0.1) is 25.8 Å². The molecule has 1 amide bonds. The number of fused-ring (bicyclic) bond motifs is 1. The van der Waals surface area contributed by atoms with Crippen LogP contribution in [0.15, 0.2) is 78.8 Å². The van der Waals surface area contributed by atoms with Crippen LogP contribution >= 0.6 is 0 Å². The summed E-state index contributed by atoms with van der Waals surface area (Å²) in [6.07, 6.45) is 5.05. The number of para-hydroxylation sites is 1. The monoisotopic (exact) mass is 469 g/mol. The van der Waals surface area contributed by atoms with Crippen LogP contribution in [0.3, 0.4) is 0 Å². The number of benzene rings is 2. The molecule has 5 rings (SSSR count). The van der Waals surface area contributed by atoms with Crippen LogP contribution < -0.4 is 9.47 Å². The quantitative estimate of drug-likeness (QED) is 0.249. The first-order valence-electron chi connectivity index (χ1n) is 11.0. The highest BCUT2D eigenvalue weighted by atomic mass is 16.5. The van der Waals surface area contributed by atoms with E-state index in [1.807, 2.05) is 24.3 Å². The van der Waals surface area contributed by atoms with Gasteiger partial charge in [-0.1, -0.05) is 18.2 Å². The number of aromatic amines is 1. The van der Waals surface area contributed by atoms with E-state index in [-0.39, 0.29) is 17.9 Å². The van der Waals surface area contributed by atoms with Crippen LogP contribution in [0.5, 0.6) is 11.5 Å². The Bertz CT molecular complexity index is 1460. The third kappa shape index (κ3) is 3.78. The molecule has 4 aromatic rings. The highest BCUT2D eigenvalue weighted by molar-refractivity contribution is 6.46. The standard InChI is InChI=1S/C27H23N3O5/c1-34-21-8-7-17(13-22(21)35-2)25(31)23-24(19-14-29-20-6-4-3-5-18(19)20)30(27(33)26(23)32)15-16-9-11-28-12-10-16/h3-14,24,29,31H,15H2,1-2H3/b25-23+. The van der Waals surface area contributed by atoms with Crippen molar-refractivity contribution < 1.29 is 24.2 Å². The third-order valence-electron chi connectivity index (χ3n) is 6.22. The van der Waals surface area contributed by atoms with Gasteiger partial charge in [0.15, 0.2) is 11.5 Å². The topological polar surface area (TPSA) is 105 Å². The normalized spacial score (nSPS) is 17.2. The van der Waals surface area contributed by atoms with Gasteiger partial charge in [-0.25, -0.2) is 0 Å². The molecule has 0 radical (unpaired) electrons. The van der Waals surface area contributed by atoms with Gasteiger partial charge in [-0.3, -0.25) is 14.6 Å². The Morgan fingerprint density at radius 2 is 1.77 bits per heavy atom. The Hall–Kier alpha value is -4.59. The number of H-pyrrole nitrogens is 1. The Morgan fingerprint density at radius 3 is 2.51 bits per heavy atom. The minimum Gasteiger partial charge on any atom is -0.507 e. The van der Waals surface area contributed by atoms with Crippen molar-refractivity contribution in [2.75, 3.05) is 14.2 Å². The second-order valence-corrected chi connectivity index (χ2v) is 8.14. The summed E-state index contributed by atoms with van der Waals surface area (Å²) >= 11 is 0. The third-order valence-corrected chi connectivity index (χ3v) is 6.22. The molecule has 8 nitrogen and oxygen atoms in total. The molecule has 176 valence electrons. The number of amides is 1. The number of aromatic nitrogens is 2. The SMILES string of the molecule is COc1ccc(/C(O)=C2\C(=O)C(=O)N(Cc3ccncc3)C2c2c[nH]c3ccccc23)cc1OC. The Labute approximate surface area is 201 Å². The van der Waals surface area contributed by atoms with E-state index >= 15 is 0 Å². The van der Waals surface area contributed by atoms with Crippen molar-refractivity contribution in [3.8, 4) is 11.5 Å². The first-order chi connectivity index (χ1) is 17.0. The van der Waals surface area contributed by atoms with Gasteiger partial charge in [-0.15, -0.1) is 0 Å². The van der Waals surface area contributed by atoms with Gasteiger partial charge >= 0.3 is 0 Å². The zero-order valence-electron chi connectivity index (χ0n) is 19.2. The Morgan fingerprint density at radius 1 is 1.03 bits per heavy atom. The van der Waals surface area contributed by atoms with Crippen LogP contribution in [0.4, 0.5) is 0 Å². The van der Waals surface area contributed by atoms with Crippen molar-refractivity contribution >= 4 is 28.4 Å². The lowest BCUT2D eigenvalue weighted by Gasteiger charge is -2.25. The second-order valence-electron chi connectivity index (χ2n) is 8.14. The Kier molecular flexibility index (Phi) is 5.70. The molecule has 1 unspecified atom stereocenters. The van der Waals surface area contributed by atoms with Crippen LogP contribution in [-0.4, -0.2) is 45.9 Å². The van der Waals surface area contributed by atoms with Crippen molar-refractivity contribution in [2.24, 2.45) is 0 Å². The average Bonchev–Trinajstić information content (AvgIpc) is 3.42. The lowest BCUT2D eigenvalue weighted by Crippen LogP contribution is -2.29. The van der Waals surface area contributed by atoms with Crippen LogP contribution in [0.25, 0.3) is 16.7 Å². The maximum Gasteiger partial charge on any atom is 0.295 e. The van der Waals surface area contributed by atoms with E-state index in [4.69, 9.17) is 9.47 Å². The predicted octanol–water partition coefficient (Wildman–Crippen LogP) is 4.20. The summed E-state index contributed by atoms with van der Waals surface area (Å²) < 4.78 is 10.6. The van der Waals surface area contributed by atoms with Gasteiger partial charge in [0.2, 0.25) is 0 Å². The van der Waals surface area contributed by atoms with Crippen molar-refractivity contribution in [2.45, 2.75) is 12.6 Å². The minimum atomic E-state index is -0.799. The smallest absolute Gasteiger partial charge is 0.295 e. The van der Waals surface area contributed by atoms with Gasteiger partial charge in [0.1, 0.15) is 5.76 Å². The number of ether oxygens (including phenoxy) is 2. The number of nitrogens with one attached hydrogen (secondary N) is 1. The summed E-state index contributed by atoms with van der Waals surface area (Å²) in [5, 5.41) is 12.2. The van der Waals surface area contributed by atoms with E-state index < -0.39 is 17.7 Å². The average molecular weight is 469 g/mol. The summed E-state index contributed by atoms with van der Waals surface area (Å²) in [4.78, 5) is 35.4. The molecule has 3 heterocycles. The lowest BCUT2D eigenvalue weighted by molar-refractivity contribution is -0.140. The van der Waals surface area contributed by atoms with E-state index in [0.717, 1.165) is 22.0 Å². The number of rotatable bonds is 6. The molecule has 0 bridgehead atoms.